The average molecular weight is 267 g/mol. The fourth-order valence-electron chi connectivity index (χ4n) is 1.44. The minimum absolute atomic E-state index is 0. The van der Waals surface area contributed by atoms with Gasteiger partial charge in [-0.1, -0.05) is 13.8 Å². The second kappa shape index (κ2) is 10.0. The number of nitrogens with zero attached hydrogens (tertiary/aromatic N) is 1. The van der Waals surface area contributed by atoms with E-state index >= 15 is 0 Å². The molecule has 0 aliphatic heterocycles. The van der Waals surface area contributed by atoms with Crippen molar-refractivity contribution in [3.8, 4) is 6.07 Å². The van der Waals surface area contributed by atoms with Crippen LogP contribution >= 0.6 is 0 Å². The summed E-state index contributed by atoms with van der Waals surface area (Å²) in [5.41, 5.74) is 0. The number of esters is 1. The van der Waals surface area contributed by atoms with Gasteiger partial charge in [-0.3, -0.25) is 9.59 Å². The van der Waals surface area contributed by atoms with Crippen molar-refractivity contribution in [3.63, 3.8) is 0 Å². The van der Waals surface area contributed by atoms with Gasteiger partial charge in [0.15, 0.2) is 5.92 Å². The average Bonchev–Trinajstić information content (AvgIpc) is 2.15. The zero-order valence-electron chi connectivity index (χ0n) is 9.77. The predicted molar refractivity (Wildman–Crippen MR) is 63.5 cm³/mol. The van der Waals surface area contributed by atoms with E-state index < -0.39 is 23.8 Å². The van der Waals surface area contributed by atoms with Crippen LogP contribution in [-0.4, -0.2) is 75.0 Å². The first-order valence-corrected chi connectivity index (χ1v) is 5.23. The summed E-state index contributed by atoms with van der Waals surface area (Å²) in [5.74, 6) is -4.20. The van der Waals surface area contributed by atoms with Gasteiger partial charge in [0.1, 0.15) is 0 Å². The van der Waals surface area contributed by atoms with E-state index in [9.17, 15) is 9.59 Å². The molecule has 0 bridgehead atoms. The van der Waals surface area contributed by atoms with Crippen LogP contribution in [0.25, 0.3) is 0 Å². The van der Waals surface area contributed by atoms with E-state index in [1.54, 1.807) is 6.92 Å². The third-order valence-electron chi connectivity index (χ3n) is 2.10. The van der Waals surface area contributed by atoms with Crippen LogP contribution in [0, 0.1) is 29.1 Å². The van der Waals surface area contributed by atoms with E-state index in [2.05, 4.69) is 4.74 Å². The molecular weight excluding hydrogens is 249 g/mol. The molecule has 5 nitrogen and oxygen atoms in total. The van der Waals surface area contributed by atoms with Gasteiger partial charge in [-0.2, -0.15) is 5.26 Å². The van der Waals surface area contributed by atoms with Gasteiger partial charge in [0.2, 0.25) is 0 Å². The molecule has 17 heavy (non-hydrogen) atoms. The van der Waals surface area contributed by atoms with Crippen molar-refractivity contribution >= 4 is 63.3 Å². The zero-order chi connectivity index (χ0) is 12.7. The van der Waals surface area contributed by atoms with E-state index in [4.69, 9.17) is 10.4 Å². The molecule has 0 saturated heterocycles. The first-order chi connectivity index (χ1) is 7.43. The van der Waals surface area contributed by atoms with Crippen molar-refractivity contribution in [1.29, 1.82) is 5.26 Å². The van der Waals surface area contributed by atoms with Crippen LogP contribution in [0.15, 0.2) is 0 Å². The monoisotopic (exact) mass is 267 g/mol. The minimum atomic E-state index is -1.38. The molecule has 0 saturated carbocycles. The van der Waals surface area contributed by atoms with Crippen molar-refractivity contribution in [2.45, 2.75) is 27.2 Å². The maximum atomic E-state index is 11.4. The van der Waals surface area contributed by atoms with Crippen molar-refractivity contribution in [2.24, 2.45) is 17.8 Å². The van der Waals surface area contributed by atoms with Gasteiger partial charge in [-0.05, 0) is 19.3 Å². The van der Waals surface area contributed by atoms with Crippen LogP contribution in [0.1, 0.15) is 27.2 Å². The van der Waals surface area contributed by atoms with Gasteiger partial charge in [0.25, 0.3) is 0 Å². The van der Waals surface area contributed by atoms with Crippen LogP contribution in [0.5, 0.6) is 0 Å². The molecule has 0 radical (unpaired) electrons. The van der Waals surface area contributed by atoms with Crippen LogP contribution < -0.4 is 0 Å². The van der Waals surface area contributed by atoms with Gasteiger partial charge in [0, 0.05) is 0 Å². The molecule has 0 amide bonds. The molecule has 92 valence electrons. The fraction of sp³-hybridized carbons (Fsp3) is 0.727. The summed E-state index contributed by atoms with van der Waals surface area (Å²) >= 11 is 0. The Balaban J connectivity index is 0. The molecule has 0 aromatic carbocycles. The first-order valence-electron chi connectivity index (χ1n) is 5.23. The fourth-order valence-corrected chi connectivity index (χ4v) is 1.44. The van der Waals surface area contributed by atoms with E-state index in [0.29, 0.717) is 6.42 Å². The molecule has 0 heterocycles. The number of ether oxygens (including phenoxy) is 1. The first kappa shape index (κ1) is 19.4. The Kier molecular flexibility index (Phi) is 11.5. The van der Waals surface area contributed by atoms with Crippen LogP contribution in [0.4, 0.5) is 0 Å². The molecule has 0 aliphatic rings. The molecule has 2 atom stereocenters. The Morgan fingerprint density at radius 3 is 2.24 bits per heavy atom. The standard InChI is InChI=1S/C11H17NO4.K.H/c1-4-16-11(15)9(10(13)14)8(6-12)5-7(2)3;;/h7-9H,4-5H2,1-3H3,(H,13,14);;. The van der Waals surface area contributed by atoms with Crippen LogP contribution in [0.2, 0.25) is 0 Å². The number of aliphatic carboxylic acids is 1. The third kappa shape index (κ3) is 7.16. The van der Waals surface area contributed by atoms with E-state index in [-0.39, 0.29) is 63.9 Å². The van der Waals surface area contributed by atoms with Crippen molar-refractivity contribution in [1.82, 2.24) is 0 Å². The molecule has 0 aromatic heterocycles. The number of carboxylic acids is 1. The van der Waals surface area contributed by atoms with Gasteiger partial charge in [0.05, 0.1) is 18.6 Å². The summed E-state index contributed by atoms with van der Waals surface area (Å²) in [4.78, 5) is 22.4. The topological polar surface area (TPSA) is 87.4 Å². The number of carboxylic acid groups (broad SMARTS) is 1. The predicted octanol–water partition coefficient (Wildman–Crippen LogP) is 0.788. The molecule has 6 heteroatoms. The number of carbonyl (C=O) groups excluding carboxylic acids is 1. The number of carbonyl (C=O) groups is 2. The molecule has 2 unspecified atom stereocenters. The van der Waals surface area contributed by atoms with Gasteiger partial charge in [-0.15, -0.1) is 0 Å². The molecule has 0 fully saturated rings. The Hall–Kier alpha value is 0.0664. The normalized spacial score (nSPS) is 13.1. The van der Waals surface area contributed by atoms with Crippen LogP contribution in [0.3, 0.4) is 0 Å². The number of hydrogen-bond acceptors (Lipinski definition) is 4. The zero-order valence-corrected chi connectivity index (χ0v) is 9.77. The summed E-state index contributed by atoms with van der Waals surface area (Å²) in [7, 11) is 0. The van der Waals surface area contributed by atoms with E-state index in [1.165, 1.54) is 0 Å². The van der Waals surface area contributed by atoms with Crippen molar-refractivity contribution in [2.75, 3.05) is 6.61 Å². The molecule has 0 spiro atoms. The Bertz CT molecular complexity index is 298. The SMILES string of the molecule is CCOC(=O)C(C(=O)O)C(C#N)CC(C)C.[KH]. The second-order valence-corrected chi connectivity index (χ2v) is 3.93. The molecule has 1 N–H and O–H groups in total. The van der Waals surface area contributed by atoms with E-state index in [0.717, 1.165) is 0 Å². The molecule has 0 aromatic rings. The third-order valence-corrected chi connectivity index (χ3v) is 2.10. The summed E-state index contributed by atoms with van der Waals surface area (Å²) < 4.78 is 4.66. The quantitative estimate of drug-likeness (QED) is 0.436. The summed E-state index contributed by atoms with van der Waals surface area (Å²) in [6, 6.07) is 1.87. The van der Waals surface area contributed by atoms with Crippen molar-refractivity contribution in [3.05, 3.63) is 0 Å². The van der Waals surface area contributed by atoms with Gasteiger partial charge >= 0.3 is 63.3 Å². The Labute approximate surface area is 144 Å². The summed E-state index contributed by atoms with van der Waals surface area (Å²) in [5, 5.41) is 17.8. The molecule has 0 aliphatic carbocycles. The second-order valence-electron chi connectivity index (χ2n) is 3.93. The number of rotatable bonds is 6. The maximum absolute atomic E-state index is 11.4. The Morgan fingerprint density at radius 1 is 1.41 bits per heavy atom. The summed E-state index contributed by atoms with van der Waals surface area (Å²) in [6.07, 6.45) is 0.367. The summed E-state index contributed by atoms with van der Waals surface area (Å²) in [6.45, 7) is 5.45. The van der Waals surface area contributed by atoms with Gasteiger partial charge in [-0.25, -0.2) is 0 Å². The number of hydrogen-bond donors (Lipinski definition) is 1. The van der Waals surface area contributed by atoms with Crippen molar-refractivity contribution < 1.29 is 19.4 Å². The van der Waals surface area contributed by atoms with E-state index in [1.807, 2.05) is 19.9 Å². The van der Waals surface area contributed by atoms with Crippen LogP contribution in [-0.2, 0) is 14.3 Å². The number of nitriles is 1. The van der Waals surface area contributed by atoms with Gasteiger partial charge < -0.3 is 9.84 Å². The molecular formula is C11H18KNO4. The molecule has 0 rings (SSSR count). The Morgan fingerprint density at radius 2 is 1.94 bits per heavy atom.